The van der Waals surface area contributed by atoms with Crippen LogP contribution in [0.2, 0.25) is 0 Å². The SMILES string of the molecule is CC.CC(C)/C=C\c1cnccc1C=N. The molecule has 0 fully saturated rings. The Morgan fingerprint density at radius 1 is 1.27 bits per heavy atom. The molecule has 0 saturated heterocycles. The molecule has 1 aromatic heterocycles. The summed E-state index contributed by atoms with van der Waals surface area (Å²) in [5.41, 5.74) is 1.91. The largest absolute Gasteiger partial charge is 0.308 e. The summed E-state index contributed by atoms with van der Waals surface area (Å²) in [6, 6.07) is 1.84. The van der Waals surface area contributed by atoms with E-state index in [1.54, 1.807) is 12.4 Å². The van der Waals surface area contributed by atoms with Gasteiger partial charge in [0.1, 0.15) is 0 Å². The molecule has 2 heteroatoms. The maximum atomic E-state index is 7.18. The molecule has 2 nitrogen and oxygen atoms in total. The fraction of sp³-hybridized carbons (Fsp3) is 0.385. The van der Waals surface area contributed by atoms with Gasteiger partial charge in [-0.3, -0.25) is 4.98 Å². The maximum Gasteiger partial charge on any atom is 0.0346 e. The van der Waals surface area contributed by atoms with E-state index in [1.165, 1.54) is 6.21 Å². The number of nitrogens with zero attached hydrogens (tertiary/aromatic N) is 1. The summed E-state index contributed by atoms with van der Waals surface area (Å²) in [4.78, 5) is 4.02. The van der Waals surface area contributed by atoms with Crippen LogP contribution in [0, 0.1) is 11.3 Å². The standard InChI is InChI=1S/C11H14N2.C2H6/c1-9(2)3-4-11-8-13-6-5-10(11)7-12;1-2/h3-9,12H,1-2H3;1-2H3/b4-3-,12-7?;. The first-order chi connectivity index (χ1) is 7.24. The van der Waals surface area contributed by atoms with Crippen LogP contribution in [-0.4, -0.2) is 11.2 Å². The van der Waals surface area contributed by atoms with Crippen LogP contribution < -0.4 is 0 Å². The van der Waals surface area contributed by atoms with Crippen LogP contribution in [0.3, 0.4) is 0 Å². The number of hydrogen-bond acceptors (Lipinski definition) is 2. The lowest BCUT2D eigenvalue weighted by atomic mass is 10.1. The Morgan fingerprint density at radius 3 is 2.47 bits per heavy atom. The molecule has 0 aliphatic rings. The van der Waals surface area contributed by atoms with E-state index in [9.17, 15) is 0 Å². The van der Waals surface area contributed by atoms with E-state index in [0.717, 1.165) is 11.1 Å². The normalized spacial score (nSPS) is 9.93. The Kier molecular flexibility index (Phi) is 7.16. The molecule has 0 aromatic carbocycles. The van der Waals surface area contributed by atoms with Crippen LogP contribution in [-0.2, 0) is 0 Å². The Hall–Kier alpha value is -1.44. The predicted octanol–water partition coefficient (Wildman–Crippen LogP) is 3.77. The zero-order chi connectivity index (χ0) is 11.7. The van der Waals surface area contributed by atoms with Gasteiger partial charge < -0.3 is 5.41 Å². The average Bonchev–Trinajstić information content (AvgIpc) is 2.29. The second-order valence-corrected chi connectivity index (χ2v) is 3.25. The number of aromatic nitrogens is 1. The lowest BCUT2D eigenvalue weighted by molar-refractivity contribution is 0.836. The van der Waals surface area contributed by atoms with Crippen LogP contribution >= 0.6 is 0 Å². The molecular weight excluding hydrogens is 184 g/mol. The van der Waals surface area contributed by atoms with E-state index in [4.69, 9.17) is 5.41 Å². The molecule has 0 spiro atoms. The van der Waals surface area contributed by atoms with Crippen molar-refractivity contribution < 1.29 is 0 Å². The molecule has 0 atom stereocenters. The van der Waals surface area contributed by atoms with Crippen LogP contribution in [0.15, 0.2) is 24.5 Å². The van der Waals surface area contributed by atoms with Crippen molar-refractivity contribution in [2.45, 2.75) is 27.7 Å². The highest BCUT2D eigenvalue weighted by Crippen LogP contribution is 2.08. The molecule has 1 N–H and O–H groups in total. The van der Waals surface area contributed by atoms with Gasteiger partial charge in [-0.05, 0) is 12.0 Å². The number of pyridine rings is 1. The van der Waals surface area contributed by atoms with Gasteiger partial charge in [0, 0.05) is 29.7 Å². The minimum atomic E-state index is 0.527. The minimum Gasteiger partial charge on any atom is -0.308 e. The van der Waals surface area contributed by atoms with Crippen LogP contribution in [0.25, 0.3) is 6.08 Å². The van der Waals surface area contributed by atoms with Crippen molar-refractivity contribution in [2.24, 2.45) is 5.92 Å². The fourth-order valence-electron chi connectivity index (χ4n) is 0.984. The van der Waals surface area contributed by atoms with E-state index in [-0.39, 0.29) is 0 Å². The molecule has 0 aliphatic carbocycles. The summed E-state index contributed by atoms with van der Waals surface area (Å²) >= 11 is 0. The van der Waals surface area contributed by atoms with Gasteiger partial charge in [0.25, 0.3) is 0 Å². The zero-order valence-electron chi connectivity index (χ0n) is 9.99. The third kappa shape index (κ3) is 5.11. The fourth-order valence-corrected chi connectivity index (χ4v) is 0.984. The molecule has 0 aliphatic heterocycles. The van der Waals surface area contributed by atoms with E-state index in [2.05, 4.69) is 24.9 Å². The average molecular weight is 204 g/mol. The van der Waals surface area contributed by atoms with Crippen molar-refractivity contribution in [2.75, 3.05) is 0 Å². The van der Waals surface area contributed by atoms with Gasteiger partial charge in [-0.2, -0.15) is 0 Å². The molecule has 1 heterocycles. The zero-order valence-corrected chi connectivity index (χ0v) is 9.99. The summed E-state index contributed by atoms with van der Waals surface area (Å²) < 4.78 is 0. The second-order valence-electron chi connectivity index (χ2n) is 3.25. The molecule has 0 bridgehead atoms. The quantitative estimate of drug-likeness (QED) is 0.747. The van der Waals surface area contributed by atoms with Crippen molar-refractivity contribution in [1.82, 2.24) is 4.98 Å². The molecule has 1 aromatic rings. The van der Waals surface area contributed by atoms with E-state index >= 15 is 0 Å². The Bertz CT molecular complexity index is 314. The van der Waals surface area contributed by atoms with Gasteiger partial charge in [-0.15, -0.1) is 0 Å². The summed E-state index contributed by atoms with van der Waals surface area (Å²) in [5, 5.41) is 7.18. The van der Waals surface area contributed by atoms with Crippen LogP contribution in [0.4, 0.5) is 0 Å². The third-order valence-corrected chi connectivity index (χ3v) is 1.70. The molecule has 0 saturated carbocycles. The summed E-state index contributed by atoms with van der Waals surface area (Å²) in [5.74, 6) is 0.527. The van der Waals surface area contributed by atoms with Gasteiger partial charge >= 0.3 is 0 Å². The van der Waals surface area contributed by atoms with Gasteiger partial charge in [0.2, 0.25) is 0 Å². The first-order valence-electron chi connectivity index (χ1n) is 5.36. The van der Waals surface area contributed by atoms with Crippen molar-refractivity contribution >= 4 is 12.3 Å². The van der Waals surface area contributed by atoms with Crippen molar-refractivity contribution in [3.63, 3.8) is 0 Å². The third-order valence-electron chi connectivity index (χ3n) is 1.70. The monoisotopic (exact) mass is 204 g/mol. The number of nitrogens with one attached hydrogen (secondary N) is 1. The Morgan fingerprint density at radius 2 is 1.93 bits per heavy atom. The van der Waals surface area contributed by atoms with Gasteiger partial charge in [0.05, 0.1) is 0 Å². The number of rotatable bonds is 3. The van der Waals surface area contributed by atoms with Crippen molar-refractivity contribution in [3.8, 4) is 0 Å². The minimum absolute atomic E-state index is 0.527. The predicted molar refractivity (Wildman–Crippen MR) is 67.3 cm³/mol. The van der Waals surface area contributed by atoms with E-state index in [1.807, 2.05) is 26.0 Å². The van der Waals surface area contributed by atoms with Crippen molar-refractivity contribution in [3.05, 3.63) is 35.7 Å². The molecular formula is C13H20N2. The topological polar surface area (TPSA) is 36.7 Å². The smallest absolute Gasteiger partial charge is 0.0346 e. The van der Waals surface area contributed by atoms with Crippen molar-refractivity contribution in [1.29, 1.82) is 5.41 Å². The highest BCUT2D eigenvalue weighted by molar-refractivity contribution is 5.82. The van der Waals surface area contributed by atoms with Crippen LogP contribution in [0.5, 0.6) is 0 Å². The van der Waals surface area contributed by atoms with Gasteiger partial charge in [-0.25, -0.2) is 0 Å². The summed E-state index contributed by atoms with van der Waals surface area (Å²) in [6.45, 7) is 8.24. The van der Waals surface area contributed by atoms with Gasteiger partial charge in [-0.1, -0.05) is 39.8 Å². The summed E-state index contributed by atoms with van der Waals surface area (Å²) in [7, 11) is 0. The highest BCUT2D eigenvalue weighted by Gasteiger charge is 1.94. The second kappa shape index (κ2) is 7.92. The maximum absolute atomic E-state index is 7.18. The van der Waals surface area contributed by atoms with E-state index in [0.29, 0.717) is 5.92 Å². The molecule has 1 rings (SSSR count). The first-order valence-corrected chi connectivity index (χ1v) is 5.36. The van der Waals surface area contributed by atoms with Gasteiger partial charge in [0.15, 0.2) is 0 Å². The Balaban J connectivity index is 0.000000921. The first kappa shape index (κ1) is 13.6. The molecule has 0 unspecified atom stereocenters. The Labute approximate surface area is 92.6 Å². The molecule has 82 valence electrons. The van der Waals surface area contributed by atoms with E-state index < -0.39 is 0 Å². The molecule has 0 radical (unpaired) electrons. The molecule has 15 heavy (non-hydrogen) atoms. The highest BCUT2D eigenvalue weighted by atomic mass is 14.6. The number of hydrogen-bond donors (Lipinski definition) is 1. The lowest BCUT2D eigenvalue weighted by Crippen LogP contribution is -1.87. The van der Waals surface area contributed by atoms with Crippen LogP contribution in [0.1, 0.15) is 38.8 Å². The lowest BCUT2D eigenvalue weighted by Gasteiger charge is -1.98. The molecule has 0 amide bonds. The number of allylic oxidation sites excluding steroid dienone is 1. The summed E-state index contributed by atoms with van der Waals surface area (Å²) in [6.07, 6.45) is 8.94.